The van der Waals surface area contributed by atoms with Crippen LogP contribution in [0.3, 0.4) is 0 Å². The van der Waals surface area contributed by atoms with Gasteiger partial charge in [-0.2, -0.15) is 0 Å². The van der Waals surface area contributed by atoms with E-state index >= 15 is 0 Å². The Labute approximate surface area is 93.0 Å². The summed E-state index contributed by atoms with van der Waals surface area (Å²) >= 11 is 0. The fourth-order valence-electron chi connectivity index (χ4n) is 1.11. The summed E-state index contributed by atoms with van der Waals surface area (Å²) in [6.07, 6.45) is 2.80. The van der Waals surface area contributed by atoms with Crippen LogP contribution < -0.4 is 5.32 Å². The lowest BCUT2D eigenvalue weighted by Crippen LogP contribution is -2.27. The van der Waals surface area contributed by atoms with Crippen molar-refractivity contribution in [3.63, 3.8) is 0 Å². The van der Waals surface area contributed by atoms with Gasteiger partial charge in [0.1, 0.15) is 0 Å². The van der Waals surface area contributed by atoms with E-state index in [0.717, 1.165) is 25.8 Å². The van der Waals surface area contributed by atoms with Crippen LogP contribution in [0.25, 0.3) is 0 Å². The molecule has 0 aromatic heterocycles. The second-order valence-electron chi connectivity index (χ2n) is 3.95. The molecule has 4 nitrogen and oxygen atoms in total. The third-order valence-electron chi connectivity index (χ3n) is 2.29. The number of hydrogen-bond acceptors (Lipinski definition) is 4. The first-order chi connectivity index (χ1) is 7.00. The van der Waals surface area contributed by atoms with Crippen LogP contribution in [0.1, 0.15) is 33.1 Å². The van der Waals surface area contributed by atoms with Gasteiger partial charge in [-0.1, -0.05) is 0 Å². The molecule has 0 fully saturated rings. The topological polar surface area (TPSA) is 66.4 Å². The van der Waals surface area contributed by atoms with E-state index in [1.807, 2.05) is 0 Å². The molecule has 2 N–H and O–H groups in total. The summed E-state index contributed by atoms with van der Waals surface area (Å²) in [6.45, 7) is 5.00. The smallest absolute Gasteiger partial charge is 0.153 e. The van der Waals surface area contributed by atoms with E-state index in [4.69, 9.17) is 5.11 Å². The maximum Gasteiger partial charge on any atom is 0.153 e. The van der Waals surface area contributed by atoms with Crippen LogP contribution >= 0.6 is 0 Å². The summed E-state index contributed by atoms with van der Waals surface area (Å²) in [5.74, 6) is 0.213. The van der Waals surface area contributed by atoms with Gasteiger partial charge in [0, 0.05) is 13.2 Å². The SMILES string of the molecule is CC(C)S(=O)(=O)CCNCCCCCO. The minimum atomic E-state index is -2.90. The molecule has 0 aromatic carbocycles. The van der Waals surface area contributed by atoms with Gasteiger partial charge in [-0.25, -0.2) is 8.42 Å². The summed E-state index contributed by atoms with van der Waals surface area (Å²) in [5.41, 5.74) is 0. The van der Waals surface area contributed by atoms with Crippen LogP contribution in [0, 0.1) is 0 Å². The van der Waals surface area contributed by atoms with Gasteiger partial charge in [0.15, 0.2) is 9.84 Å². The Morgan fingerprint density at radius 2 is 1.80 bits per heavy atom. The van der Waals surface area contributed by atoms with Crippen LogP contribution in [-0.4, -0.2) is 44.2 Å². The number of hydrogen-bond donors (Lipinski definition) is 2. The number of sulfone groups is 1. The van der Waals surface area contributed by atoms with Gasteiger partial charge in [-0.15, -0.1) is 0 Å². The second-order valence-corrected chi connectivity index (χ2v) is 6.63. The maximum atomic E-state index is 11.4. The van der Waals surface area contributed by atoms with Gasteiger partial charge in [-0.3, -0.25) is 0 Å². The van der Waals surface area contributed by atoms with Crippen molar-refractivity contribution in [1.29, 1.82) is 0 Å². The minimum absolute atomic E-state index is 0.213. The van der Waals surface area contributed by atoms with E-state index in [0.29, 0.717) is 6.54 Å². The molecule has 0 saturated heterocycles. The Kier molecular flexibility index (Phi) is 8.00. The Morgan fingerprint density at radius 3 is 2.33 bits per heavy atom. The van der Waals surface area contributed by atoms with Crippen molar-refractivity contribution in [1.82, 2.24) is 5.32 Å². The molecule has 0 bridgehead atoms. The molecule has 0 rings (SSSR count). The lowest BCUT2D eigenvalue weighted by atomic mass is 10.2. The van der Waals surface area contributed by atoms with E-state index in [1.165, 1.54) is 0 Å². The minimum Gasteiger partial charge on any atom is -0.396 e. The Hall–Kier alpha value is -0.130. The standard InChI is InChI=1S/C10H23NO3S/c1-10(2)15(13,14)9-7-11-6-4-3-5-8-12/h10-12H,3-9H2,1-2H3. The van der Waals surface area contributed by atoms with Crippen LogP contribution in [0.15, 0.2) is 0 Å². The summed E-state index contributed by atoms with van der Waals surface area (Å²) < 4.78 is 22.8. The fraction of sp³-hybridized carbons (Fsp3) is 1.00. The van der Waals surface area contributed by atoms with Gasteiger partial charge in [-0.05, 0) is 39.7 Å². The second kappa shape index (κ2) is 8.07. The monoisotopic (exact) mass is 237 g/mol. The average molecular weight is 237 g/mol. The van der Waals surface area contributed by atoms with Crippen molar-refractivity contribution in [3.8, 4) is 0 Å². The van der Waals surface area contributed by atoms with Crippen molar-refractivity contribution >= 4 is 9.84 Å². The van der Waals surface area contributed by atoms with E-state index < -0.39 is 9.84 Å². The zero-order valence-electron chi connectivity index (χ0n) is 9.70. The van der Waals surface area contributed by atoms with E-state index in [-0.39, 0.29) is 17.6 Å². The number of aliphatic hydroxyl groups excluding tert-OH is 1. The van der Waals surface area contributed by atoms with Gasteiger partial charge >= 0.3 is 0 Å². The molecule has 0 saturated carbocycles. The molecule has 0 radical (unpaired) electrons. The van der Waals surface area contributed by atoms with Crippen LogP contribution in [0.4, 0.5) is 0 Å². The summed E-state index contributed by atoms with van der Waals surface area (Å²) in [4.78, 5) is 0. The molecule has 15 heavy (non-hydrogen) atoms. The van der Waals surface area contributed by atoms with Crippen LogP contribution in [0.5, 0.6) is 0 Å². The Morgan fingerprint density at radius 1 is 1.13 bits per heavy atom. The van der Waals surface area contributed by atoms with Crippen molar-refractivity contribution < 1.29 is 13.5 Å². The summed E-state index contributed by atoms with van der Waals surface area (Å²) in [7, 11) is -2.90. The van der Waals surface area contributed by atoms with Gasteiger partial charge in [0.25, 0.3) is 0 Å². The number of unbranched alkanes of at least 4 members (excludes halogenated alkanes) is 2. The highest BCUT2D eigenvalue weighted by atomic mass is 32.2. The van der Waals surface area contributed by atoms with Crippen molar-refractivity contribution in [2.24, 2.45) is 0 Å². The highest BCUT2D eigenvalue weighted by Crippen LogP contribution is 1.99. The predicted octanol–water partition coefficient (Wildman–Crippen LogP) is 0.562. The van der Waals surface area contributed by atoms with Crippen molar-refractivity contribution in [2.45, 2.75) is 38.4 Å². The van der Waals surface area contributed by atoms with Gasteiger partial charge in [0.05, 0.1) is 11.0 Å². The van der Waals surface area contributed by atoms with Crippen molar-refractivity contribution in [3.05, 3.63) is 0 Å². The van der Waals surface area contributed by atoms with Crippen LogP contribution in [-0.2, 0) is 9.84 Å². The van der Waals surface area contributed by atoms with Gasteiger partial charge in [0.2, 0.25) is 0 Å². The highest BCUT2D eigenvalue weighted by molar-refractivity contribution is 7.92. The first-order valence-corrected chi connectivity index (χ1v) is 7.25. The number of nitrogens with one attached hydrogen (secondary N) is 1. The molecule has 92 valence electrons. The van der Waals surface area contributed by atoms with E-state index in [1.54, 1.807) is 13.8 Å². The molecule has 0 unspecified atom stereocenters. The molecule has 0 heterocycles. The first kappa shape index (κ1) is 14.9. The summed E-state index contributed by atoms with van der Waals surface area (Å²) in [5, 5.41) is 11.3. The lowest BCUT2D eigenvalue weighted by Gasteiger charge is -2.08. The molecule has 0 aromatic rings. The third-order valence-corrected chi connectivity index (χ3v) is 4.50. The van der Waals surface area contributed by atoms with E-state index in [9.17, 15) is 8.42 Å². The quantitative estimate of drug-likeness (QED) is 0.575. The zero-order valence-corrected chi connectivity index (χ0v) is 10.5. The largest absolute Gasteiger partial charge is 0.396 e. The molecule has 0 aliphatic rings. The molecule has 0 spiro atoms. The van der Waals surface area contributed by atoms with Crippen molar-refractivity contribution in [2.75, 3.05) is 25.4 Å². The first-order valence-electron chi connectivity index (χ1n) is 5.54. The maximum absolute atomic E-state index is 11.4. The molecule has 0 aliphatic carbocycles. The molecule has 0 amide bonds. The molecular formula is C10H23NO3S. The Bertz CT molecular complexity index is 237. The summed E-state index contributed by atoms with van der Waals surface area (Å²) in [6, 6.07) is 0. The molecular weight excluding hydrogens is 214 g/mol. The highest BCUT2D eigenvalue weighted by Gasteiger charge is 2.14. The molecule has 0 aliphatic heterocycles. The number of rotatable bonds is 9. The Balaban J connectivity index is 3.39. The lowest BCUT2D eigenvalue weighted by molar-refractivity contribution is 0.283. The predicted molar refractivity (Wildman–Crippen MR) is 62.7 cm³/mol. The molecule has 0 atom stereocenters. The normalized spacial score (nSPS) is 12.3. The average Bonchev–Trinajstić information content (AvgIpc) is 2.16. The molecule has 5 heteroatoms. The van der Waals surface area contributed by atoms with E-state index in [2.05, 4.69) is 5.32 Å². The van der Waals surface area contributed by atoms with Crippen LogP contribution in [0.2, 0.25) is 0 Å². The fourth-order valence-corrected chi connectivity index (χ4v) is 2.01. The van der Waals surface area contributed by atoms with Gasteiger partial charge < -0.3 is 10.4 Å². The third kappa shape index (κ3) is 7.76. The number of aliphatic hydroxyl groups is 1. The zero-order chi connectivity index (χ0) is 11.7.